The van der Waals surface area contributed by atoms with Crippen LogP contribution in [0.5, 0.6) is 0 Å². The number of nitrogens with one attached hydrogen (secondary N) is 1. The van der Waals surface area contributed by atoms with Gasteiger partial charge in [0.15, 0.2) is 0 Å². The van der Waals surface area contributed by atoms with Crippen LogP contribution in [0.4, 0.5) is 8.78 Å². The van der Waals surface area contributed by atoms with Crippen LogP contribution in [-0.4, -0.2) is 37.0 Å². The molecule has 0 unspecified atom stereocenters. The van der Waals surface area contributed by atoms with E-state index in [0.717, 1.165) is 18.9 Å². The Bertz CT molecular complexity index is 483. The average Bonchev–Trinajstić information content (AvgIpc) is 2.43. The van der Waals surface area contributed by atoms with Gasteiger partial charge in [0.2, 0.25) is 0 Å². The molecule has 1 N–H and O–H groups in total. The SMILES string of the molecule is CNC1CCN(C(=O)c2c(F)ccc(C)c2F)CC1. The van der Waals surface area contributed by atoms with Gasteiger partial charge in [0.25, 0.3) is 5.91 Å². The van der Waals surface area contributed by atoms with Crippen molar-refractivity contribution in [3.8, 4) is 0 Å². The van der Waals surface area contributed by atoms with E-state index in [4.69, 9.17) is 0 Å². The number of likely N-dealkylation sites (tertiary alicyclic amines) is 1. The maximum Gasteiger partial charge on any atom is 0.259 e. The monoisotopic (exact) mass is 268 g/mol. The molecule has 5 heteroatoms. The molecule has 0 atom stereocenters. The van der Waals surface area contributed by atoms with E-state index in [1.807, 2.05) is 7.05 Å². The first-order valence-electron chi connectivity index (χ1n) is 6.45. The summed E-state index contributed by atoms with van der Waals surface area (Å²) in [6.45, 7) is 2.58. The summed E-state index contributed by atoms with van der Waals surface area (Å²) in [6, 6.07) is 2.86. The standard InChI is InChI=1S/C14H18F2N2O/c1-9-3-4-11(15)12(13(9)16)14(19)18-7-5-10(17-2)6-8-18/h3-4,10,17H,5-8H2,1-2H3. The van der Waals surface area contributed by atoms with E-state index in [2.05, 4.69) is 5.32 Å². The van der Waals surface area contributed by atoms with Crippen LogP contribution in [0, 0.1) is 18.6 Å². The number of benzene rings is 1. The van der Waals surface area contributed by atoms with Gasteiger partial charge in [-0.15, -0.1) is 0 Å². The Balaban J connectivity index is 2.19. The quantitative estimate of drug-likeness (QED) is 0.891. The van der Waals surface area contributed by atoms with Crippen molar-refractivity contribution in [1.29, 1.82) is 0 Å². The fourth-order valence-electron chi connectivity index (χ4n) is 2.38. The maximum absolute atomic E-state index is 13.9. The lowest BCUT2D eigenvalue weighted by molar-refractivity contribution is 0.0697. The predicted octanol–water partition coefficient (Wildman–Crippen LogP) is 2.10. The molecule has 0 saturated carbocycles. The summed E-state index contributed by atoms with van der Waals surface area (Å²) in [5, 5.41) is 3.15. The number of aryl methyl sites for hydroxylation is 1. The van der Waals surface area contributed by atoms with E-state index in [9.17, 15) is 13.6 Å². The lowest BCUT2D eigenvalue weighted by atomic mass is 10.0. The summed E-state index contributed by atoms with van der Waals surface area (Å²) in [5.41, 5.74) is -0.141. The lowest BCUT2D eigenvalue weighted by Gasteiger charge is -2.32. The number of piperidine rings is 1. The third kappa shape index (κ3) is 2.76. The summed E-state index contributed by atoms with van der Waals surface area (Å²) >= 11 is 0. The van der Waals surface area contributed by atoms with Crippen LogP contribution in [-0.2, 0) is 0 Å². The largest absolute Gasteiger partial charge is 0.338 e. The third-order valence-electron chi connectivity index (χ3n) is 3.69. The van der Waals surface area contributed by atoms with E-state index in [1.165, 1.54) is 17.9 Å². The average molecular weight is 268 g/mol. The normalized spacial score (nSPS) is 16.7. The molecule has 1 heterocycles. The molecule has 1 aromatic rings. The fourth-order valence-corrected chi connectivity index (χ4v) is 2.38. The Labute approximate surface area is 111 Å². The Morgan fingerprint density at radius 1 is 1.32 bits per heavy atom. The summed E-state index contributed by atoms with van der Waals surface area (Å²) in [7, 11) is 1.88. The van der Waals surface area contributed by atoms with E-state index < -0.39 is 23.1 Å². The van der Waals surface area contributed by atoms with Crippen molar-refractivity contribution in [3.05, 3.63) is 34.9 Å². The number of carbonyl (C=O) groups is 1. The van der Waals surface area contributed by atoms with Crippen molar-refractivity contribution in [2.75, 3.05) is 20.1 Å². The van der Waals surface area contributed by atoms with Gasteiger partial charge in [0, 0.05) is 19.1 Å². The van der Waals surface area contributed by atoms with Crippen molar-refractivity contribution < 1.29 is 13.6 Å². The van der Waals surface area contributed by atoms with Gasteiger partial charge >= 0.3 is 0 Å². The minimum Gasteiger partial charge on any atom is -0.338 e. The molecule has 1 saturated heterocycles. The van der Waals surface area contributed by atoms with Crippen LogP contribution in [0.3, 0.4) is 0 Å². The topological polar surface area (TPSA) is 32.3 Å². The molecule has 0 spiro atoms. The molecule has 104 valence electrons. The molecular weight excluding hydrogens is 250 g/mol. The molecule has 0 radical (unpaired) electrons. The first-order chi connectivity index (χ1) is 9.04. The Morgan fingerprint density at radius 3 is 2.53 bits per heavy atom. The highest BCUT2D eigenvalue weighted by Gasteiger charge is 2.27. The van der Waals surface area contributed by atoms with Crippen LogP contribution in [0.1, 0.15) is 28.8 Å². The van der Waals surface area contributed by atoms with Gasteiger partial charge in [-0.05, 0) is 38.4 Å². The predicted molar refractivity (Wildman–Crippen MR) is 69.1 cm³/mol. The summed E-state index contributed by atoms with van der Waals surface area (Å²) in [6.07, 6.45) is 1.61. The van der Waals surface area contributed by atoms with Gasteiger partial charge in [-0.1, -0.05) is 6.07 Å². The number of halogens is 2. The van der Waals surface area contributed by atoms with E-state index in [0.29, 0.717) is 19.1 Å². The van der Waals surface area contributed by atoms with Gasteiger partial charge in [0.1, 0.15) is 17.2 Å². The van der Waals surface area contributed by atoms with E-state index in [1.54, 1.807) is 0 Å². The molecule has 1 aromatic carbocycles. The molecule has 2 rings (SSSR count). The molecule has 1 amide bonds. The molecule has 1 aliphatic heterocycles. The summed E-state index contributed by atoms with van der Waals surface area (Å²) in [4.78, 5) is 13.7. The first kappa shape index (κ1) is 13.9. The lowest BCUT2D eigenvalue weighted by Crippen LogP contribution is -2.44. The van der Waals surface area contributed by atoms with Crippen molar-refractivity contribution in [2.45, 2.75) is 25.8 Å². The smallest absolute Gasteiger partial charge is 0.259 e. The van der Waals surface area contributed by atoms with Crippen LogP contribution in [0.25, 0.3) is 0 Å². The second kappa shape index (κ2) is 5.65. The Kier molecular flexibility index (Phi) is 4.14. The van der Waals surface area contributed by atoms with Crippen molar-refractivity contribution in [3.63, 3.8) is 0 Å². The summed E-state index contributed by atoms with van der Waals surface area (Å²) in [5.74, 6) is -2.09. The number of amides is 1. The maximum atomic E-state index is 13.9. The van der Waals surface area contributed by atoms with Crippen LogP contribution in [0.2, 0.25) is 0 Å². The zero-order valence-corrected chi connectivity index (χ0v) is 11.2. The number of nitrogens with zero attached hydrogens (tertiary/aromatic N) is 1. The third-order valence-corrected chi connectivity index (χ3v) is 3.69. The second-order valence-electron chi connectivity index (χ2n) is 4.91. The fraction of sp³-hybridized carbons (Fsp3) is 0.500. The molecule has 0 bridgehead atoms. The molecule has 3 nitrogen and oxygen atoms in total. The Morgan fingerprint density at radius 2 is 1.95 bits per heavy atom. The van der Waals surface area contributed by atoms with Gasteiger partial charge in [-0.25, -0.2) is 8.78 Å². The number of hydrogen-bond donors (Lipinski definition) is 1. The molecular formula is C14H18F2N2O. The molecule has 0 aromatic heterocycles. The van der Waals surface area contributed by atoms with Crippen molar-refractivity contribution in [2.24, 2.45) is 0 Å². The molecule has 1 aliphatic rings. The molecule has 19 heavy (non-hydrogen) atoms. The van der Waals surface area contributed by atoms with Gasteiger partial charge in [-0.2, -0.15) is 0 Å². The molecule has 0 aliphatic carbocycles. The number of rotatable bonds is 2. The summed E-state index contributed by atoms with van der Waals surface area (Å²) < 4.78 is 27.6. The number of hydrogen-bond acceptors (Lipinski definition) is 2. The highest BCUT2D eigenvalue weighted by atomic mass is 19.1. The minimum atomic E-state index is -0.788. The highest BCUT2D eigenvalue weighted by molar-refractivity contribution is 5.95. The van der Waals surface area contributed by atoms with Gasteiger partial charge < -0.3 is 10.2 Å². The second-order valence-corrected chi connectivity index (χ2v) is 4.91. The highest BCUT2D eigenvalue weighted by Crippen LogP contribution is 2.20. The van der Waals surface area contributed by atoms with Crippen LogP contribution < -0.4 is 5.32 Å². The first-order valence-corrected chi connectivity index (χ1v) is 6.45. The Hall–Kier alpha value is -1.49. The van der Waals surface area contributed by atoms with Gasteiger partial charge in [-0.3, -0.25) is 4.79 Å². The van der Waals surface area contributed by atoms with Crippen molar-refractivity contribution in [1.82, 2.24) is 10.2 Å². The van der Waals surface area contributed by atoms with Crippen LogP contribution >= 0.6 is 0 Å². The number of carbonyl (C=O) groups excluding carboxylic acids is 1. The van der Waals surface area contributed by atoms with E-state index in [-0.39, 0.29) is 5.56 Å². The minimum absolute atomic E-state index is 0.287. The zero-order valence-electron chi connectivity index (χ0n) is 11.2. The van der Waals surface area contributed by atoms with Crippen molar-refractivity contribution >= 4 is 5.91 Å². The van der Waals surface area contributed by atoms with E-state index >= 15 is 0 Å². The molecule has 1 fully saturated rings. The zero-order chi connectivity index (χ0) is 14.0. The van der Waals surface area contributed by atoms with Crippen LogP contribution in [0.15, 0.2) is 12.1 Å². The van der Waals surface area contributed by atoms with Gasteiger partial charge in [0.05, 0.1) is 0 Å².